The number of aliphatic hydroxyl groups excluding tert-OH is 5. The van der Waals surface area contributed by atoms with Gasteiger partial charge in [-0.1, -0.05) is 151 Å². The van der Waals surface area contributed by atoms with Crippen LogP contribution in [-0.4, -0.2) is 98.3 Å². The molecule has 0 spiro atoms. The molecule has 13 nitrogen and oxygen atoms in total. The highest BCUT2D eigenvalue weighted by atomic mass is 31.2. The van der Waals surface area contributed by atoms with E-state index in [0.717, 1.165) is 122 Å². The first kappa shape index (κ1) is 58.3. The third-order valence-corrected chi connectivity index (χ3v) is 11.5. The third kappa shape index (κ3) is 31.0. The lowest BCUT2D eigenvalue weighted by Gasteiger charge is -2.41. The lowest BCUT2D eigenvalue weighted by Crippen LogP contribution is -2.64. The molecule has 1 aliphatic rings. The number of phosphoric ester groups is 1. The number of hydrogen-bond donors (Lipinski definition) is 6. The molecular formula is C49H83O13P. The summed E-state index contributed by atoms with van der Waals surface area (Å²) in [6.07, 6.45) is 35.2. The molecule has 0 saturated heterocycles. The van der Waals surface area contributed by atoms with Crippen LogP contribution in [0.25, 0.3) is 0 Å². The van der Waals surface area contributed by atoms with E-state index in [-0.39, 0.29) is 12.8 Å². The molecule has 0 aromatic rings. The standard InChI is InChI=1S/C49H83O13P/c1-3-5-7-9-11-13-15-17-18-19-20-21-22-23-24-26-28-30-32-34-36-38-43(51)61-41(40-60-63(57,58)62-49-47(55)45(53)44(52)46(54)48(49)56)39-59-42(50)37-35-33-31-29-27-25-16-14-12-10-8-6-4-2/h5,7-8,10-11,13-14,16-18,20-21,41,44-49,52-56H,3-4,6,9,12,15,19,22-40H2,1-2H3,(H,57,58)/b7-5-,10-8-,13-11-,16-14-,18-17-,21-20-. The Bertz CT molecular complexity index is 1380. The van der Waals surface area contributed by atoms with E-state index in [1.54, 1.807) is 0 Å². The van der Waals surface area contributed by atoms with E-state index in [1.165, 1.54) is 6.42 Å². The molecule has 6 atom stereocenters. The largest absolute Gasteiger partial charge is 0.472 e. The van der Waals surface area contributed by atoms with Crippen LogP contribution in [0.1, 0.15) is 168 Å². The lowest BCUT2D eigenvalue weighted by molar-refractivity contribution is -0.220. The number of ether oxygens (including phenoxy) is 2. The molecule has 0 heterocycles. The summed E-state index contributed by atoms with van der Waals surface area (Å²) in [5.41, 5.74) is 0. The molecule has 0 radical (unpaired) electrons. The maximum Gasteiger partial charge on any atom is 0.472 e. The van der Waals surface area contributed by atoms with Crippen molar-refractivity contribution in [2.75, 3.05) is 13.2 Å². The Labute approximate surface area is 378 Å². The van der Waals surface area contributed by atoms with Crippen molar-refractivity contribution < 1.29 is 63.1 Å². The van der Waals surface area contributed by atoms with Gasteiger partial charge in [-0.3, -0.25) is 18.6 Å². The van der Waals surface area contributed by atoms with Gasteiger partial charge in [-0.2, -0.15) is 0 Å². The number of hydrogen-bond acceptors (Lipinski definition) is 12. The molecule has 362 valence electrons. The molecule has 0 aromatic carbocycles. The zero-order chi connectivity index (χ0) is 46.4. The number of carbonyl (C=O) groups excluding carboxylic acids is 2. The van der Waals surface area contributed by atoms with Gasteiger partial charge < -0.3 is 39.9 Å². The number of allylic oxidation sites excluding steroid dienone is 12. The second-order valence-corrected chi connectivity index (χ2v) is 17.6. The minimum atomic E-state index is -5.13. The fourth-order valence-electron chi connectivity index (χ4n) is 6.73. The van der Waals surface area contributed by atoms with Gasteiger partial charge in [0.05, 0.1) is 6.61 Å². The van der Waals surface area contributed by atoms with Crippen LogP contribution >= 0.6 is 7.82 Å². The highest BCUT2D eigenvalue weighted by Crippen LogP contribution is 2.47. The highest BCUT2D eigenvalue weighted by Gasteiger charge is 2.51. The molecule has 1 rings (SSSR count). The van der Waals surface area contributed by atoms with Gasteiger partial charge in [0.15, 0.2) is 6.10 Å². The second-order valence-electron chi connectivity index (χ2n) is 16.2. The monoisotopic (exact) mass is 911 g/mol. The number of esters is 2. The van der Waals surface area contributed by atoms with E-state index >= 15 is 0 Å². The Kier molecular flexibility index (Phi) is 35.7. The Hall–Kier alpha value is -2.71. The van der Waals surface area contributed by atoms with Gasteiger partial charge in [-0.15, -0.1) is 0 Å². The molecule has 0 aliphatic heterocycles. The SMILES string of the molecule is CC/C=C\C/C=C\C/C=C\C/C=C\CCCCCCCCCCC(=O)OC(COC(=O)CCCCCCC/C=C\C/C=C\CCC)COP(=O)(O)OC1C(O)C(O)C(O)C(O)C1O. The molecule has 1 aliphatic carbocycles. The van der Waals surface area contributed by atoms with E-state index < -0.39 is 75.7 Å². The number of rotatable bonds is 38. The van der Waals surface area contributed by atoms with Crippen molar-refractivity contribution in [3.63, 3.8) is 0 Å². The third-order valence-electron chi connectivity index (χ3n) is 10.5. The minimum absolute atomic E-state index is 0.0803. The minimum Gasteiger partial charge on any atom is -0.462 e. The number of carbonyl (C=O) groups is 2. The second kappa shape index (κ2) is 38.5. The van der Waals surface area contributed by atoms with E-state index in [0.29, 0.717) is 12.8 Å². The van der Waals surface area contributed by atoms with Crippen LogP contribution in [0.3, 0.4) is 0 Å². The fraction of sp³-hybridized carbons (Fsp3) is 0.714. The molecule has 63 heavy (non-hydrogen) atoms. The van der Waals surface area contributed by atoms with Crippen molar-refractivity contribution in [1.29, 1.82) is 0 Å². The normalized spacial score (nSPS) is 22.3. The molecule has 1 saturated carbocycles. The molecule has 0 aromatic heterocycles. The van der Waals surface area contributed by atoms with Crippen molar-refractivity contribution in [3.8, 4) is 0 Å². The molecule has 6 unspecified atom stereocenters. The first-order valence-corrected chi connectivity index (χ1v) is 25.2. The van der Waals surface area contributed by atoms with Crippen LogP contribution in [0, 0.1) is 0 Å². The van der Waals surface area contributed by atoms with Crippen LogP contribution in [0.4, 0.5) is 0 Å². The summed E-state index contributed by atoms with van der Waals surface area (Å²) >= 11 is 0. The van der Waals surface area contributed by atoms with Gasteiger partial charge in [-0.05, 0) is 77.0 Å². The molecular weight excluding hydrogens is 828 g/mol. The van der Waals surface area contributed by atoms with Gasteiger partial charge in [0.25, 0.3) is 0 Å². The van der Waals surface area contributed by atoms with Gasteiger partial charge in [0, 0.05) is 12.8 Å². The first-order valence-electron chi connectivity index (χ1n) is 23.7. The predicted molar refractivity (Wildman–Crippen MR) is 249 cm³/mol. The van der Waals surface area contributed by atoms with Crippen molar-refractivity contribution in [1.82, 2.24) is 0 Å². The topological polar surface area (TPSA) is 210 Å². The molecule has 0 amide bonds. The lowest BCUT2D eigenvalue weighted by atomic mass is 9.85. The van der Waals surface area contributed by atoms with Crippen molar-refractivity contribution in [2.24, 2.45) is 0 Å². The van der Waals surface area contributed by atoms with Gasteiger partial charge in [-0.25, -0.2) is 4.57 Å². The number of phosphoric acid groups is 1. The summed E-state index contributed by atoms with van der Waals surface area (Å²) in [6.45, 7) is 3.10. The zero-order valence-corrected chi connectivity index (χ0v) is 39.2. The van der Waals surface area contributed by atoms with Crippen LogP contribution in [0.5, 0.6) is 0 Å². The average molecular weight is 911 g/mol. The Morgan fingerprint density at radius 3 is 1.38 bits per heavy atom. The Morgan fingerprint density at radius 1 is 0.508 bits per heavy atom. The van der Waals surface area contributed by atoms with Gasteiger partial charge in [0.1, 0.15) is 43.2 Å². The maximum atomic E-state index is 12.8. The summed E-state index contributed by atoms with van der Waals surface area (Å²) in [7, 11) is -5.13. The number of aliphatic hydroxyl groups is 5. The van der Waals surface area contributed by atoms with E-state index in [2.05, 4.69) is 86.8 Å². The quantitative estimate of drug-likeness (QED) is 0.0148. The average Bonchev–Trinajstić information content (AvgIpc) is 3.26. The van der Waals surface area contributed by atoms with Crippen LogP contribution in [0.15, 0.2) is 72.9 Å². The Balaban J connectivity index is 2.44. The van der Waals surface area contributed by atoms with E-state index in [4.69, 9.17) is 18.5 Å². The first-order chi connectivity index (χ1) is 30.4. The number of unbranched alkanes of at least 4 members (excludes halogenated alkanes) is 14. The van der Waals surface area contributed by atoms with Crippen LogP contribution in [0.2, 0.25) is 0 Å². The smallest absolute Gasteiger partial charge is 0.462 e. The summed E-state index contributed by atoms with van der Waals surface area (Å²) in [6, 6.07) is 0. The van der Waals surface area contributed by atoms with Crippen molar-refractivity contribution in [2.45, 2.75) is 211 Å². The summed E-state index contributed by atoms with van der Waals surface area (Å²) in [4.78, 5) is 35.7. The zero-order valence-electron chi connectivity index (χ0n) is 38.3. The molecule has 6 N–H and O–H groups in total. The predicted octanol–water partition coefficient (Wildman–Crippen LogP) is 9.50. The summed E-state index contributed by atoms with van der Waals surface area (Å²) in [5, 5.41) is 50.2. The highest BCUT2D eigenvalue weighted by molar-refractivity contribution is 7.47. The molecule has 14 heteroatoms. The van der Waals surface area contributed by atoms with Gasteiger partial charge in [0.2, 0.25) is 0 Å². The Morgan fingerprint density at radius 2 is 0.905 bits per heavy atom. The summed E-state index contributed by atoms with van der Waals surface area (Å²) < 4.78 is 33.5. The maximum absolute atomic E-state index is 12.8. The van der Waals surface area contributed by atoms with Crippen LogP contribution < -0.4 is 0 Å². The van der Waals surface area contributed by atoms with Crippen molar-refractivity contribution >= 4 is 19.8 Å². The fourth-order valence-corrected chi connectivity index (χ4v) is 7.70. The van der Waals surface area contributed by atoms with Gasteiger partial charge >= 0.3 is 19.8 Å². The summed E-state index contributed by atoms with van der Waals surface area (Å²) in [5.74, 6) is -1.13. The van der Waals surface area contributed by atoms with Crippen LogP contribution in [-0.2, 0) is 32.7 Å². The van der Waals surface area contributed by atoms with E-state index in [9.17, 15) is 44.6 Å². The molecule has 1 fully saturated rings. The van der Waals surface area contributed by atoms with Crippen molar-refractivity contribution in [3.05, 3.63) is 72.9 Å². The van der Waals surface area contributed by atoms with E-state index in [1.807, 2.05) is 0 Å². The molecule has 0 bridgehead atoms.